The standard InChI is InChI=1S/C18H22N2O3S2/c1-13-5-3-6-15(11-13)12-19-18(21)16-7-4-10-20(16)25(22,23)17-9-8-14(2)24-17/h3,5-6,8-9,11,16H,4,7,10,12H2,1-2H3,(H,19,21). The number of benzene rings is 1. The molecule has 1 aromatic carbocycles. The fraction of sp³-hybridized carbons (Fsp3) is 0.389. The number of hydrogen-bond donors (Lipinski definition) is 1. The number of carbonyl (C=O) groups excluding carboxylic acids is 1. The van der Waals surface area contributed by atoms with Crippen molar-refractivity contribution in [1.82, 2.24) is 9.62 Å². The second-order valence-electron chi connectivity index (χ2n) is 6.35. The predicted octanol–water partition coefficient (Wildman–Crippen LogP) is 2.83. The molecule has 1 amide bonds. The quantitative estimate of drug-likeness (QED) is 0.870. The lowest BCUT2D eigenvalue weighted by Crippen LogP contribution is -2.45. The largest absolute Gasteiger partial charge is 0.351 e. The minimum Gasteiger partial charge on any atom is -0.351 e. The Kier molecular flexibility index (Phi) is 5.27. The Balaban J connectivity index is 1.71. The van der Waals surface area contributed by atoms with Crippen LogP contribution in [0, 0.1) is 13.8 Å². The van der Waals surface area contributed by atoms with Crippen molar-refractivity contribution < 1.29 is 13.2 Å². The first-order valence-electron chi connectivity index (χ1n) is 8.29. The van der Waals surface area contributed by atoms with Crippen molar-refractivity contribution in [1.29, 1.82) is 0 Å². The van der Waals surface area contributed by atoms with Crippen LogP contribution < -0.4 is 5.32 Å². The third-order valence-electron chi connectivity index (χ3n) is 4.33. The Hall–Kier alpha value is -1.70. The topological polar surface area (TPSA) is 66.5 Å². The molecule has 0 radical (unpaired) electrons. The number of rotatable bonds is 5. The van der Waals surface area contributed by atoms with Gasteiger partial charge in [0.2, 0.25) is 5.91 Å². The zero-order valence-electron chi connectivity index (χ0n) is 14.4. The number of thiophene rings is 1. The minimum atomic E-state index is -3.61. The Morgan fingerprint density at radius 3 is 2.76 bits per heavy atom. The van der Waals surface area contributed by atoms with Crippen LogP contribution in [-0.4, -0.2) is 31.2 Å². The maximum Gasteiger partial charge on any atom is 0.253 e. The van der Waals surface area contributed by atoms with Crippen molar-refractivity contribution in [2.45, 2.75) is 43.5 Å². The fourth-order valence-corrected chi connectivity index (χ4v) is 6.15. The van der Waals surface area contributed by atoms with Crippen LogP contribution in [0.25, 0.3) is 0 Å². The van der Waals surface area contributed by atoms with Gasteiger partial charge < -0.3 is 5.32 Å². The second-order valence-corrected chi connectivity index (χ2v) is 9.75. The number of hydrogen-bond acceptors (Lipinski definition) is 4. The van der Waals surface area contributed by atoms with Crippen LogP contribution in [-0.2, 0) is 21.4 Å². The second kappa shape index (κ2) is 7.27. The number of aryl methyl sites for hydroxylation is 2. The SMILES string of the molecule is Cc1cccc(CNC(=O)C2CCCN2S(=O)(=O)c2ccc(C)s2)c1. The summed E-state index contributed by atoms with van der Waals surface area (Å²) < 4.78 is 27.3. The van der Waals surface area contributed by atoms with Gasteiger partial charge in [-0.25, -0.2) is 8.42 Å². The summed E-state index contributed by atoms with van der Waals surface area (Å²) in [4.78, 5) is 13.5. The molecule has 1 aliphatic heterocycles. The first-order valence-corrected chi connectivity index (χ1v) is 10.5. The lowest BCUT2D eigenvalue weighted by Gasteiger charge is -2.22. The van der Waals surface area contributed by atoms with Crippen molar-refractivity contribution in [3.8, 4) is 0 Å². The van der Waals surface area contributed by atoms with E-state index in [2.05, 4.69) is 5.32 Å². The van der Waals surface area contributed by atoms with Crippen LogP contribution in [0.3, 0.4) is 0 Å². The highest BCUT2D eigenvalue weighted by Crippen LogP contribution is 2.30. The highest BCUT2D eigenvalue weighted by Gasteiger charge is 2.39. The Morgan fingerprint density at radius 2 is 2.08 bits per heavy atom. The molecule has 2 aromatic rings. The average molecular weight is 379 g/mol. The van der Waals surface area contributed by atoms with Gasteiger partial charge in [-0.05, 0) is 44.4 Å². The van der Waals surface area contributed by atoms with E-state index in [0.29, 0.717) is 30.1 Å². The van der Waals surface area contributed by atoms with Crippen LogP contribution >= 0.6 is 11.3 Å². The van der Waals surface area contributed by atoms with Crippen molar-refractivity contribution in [3.63, 3.8) is 0 Å². The molecule has 7 heteroatoms. The smallest absolute Gasteiger partial charge is 0.253 e. The van der Waals surface area contributed by atoms with Gasteiger partial charge >= 0.3 is 0 Å². The van der Waals surface area contributed by atoms with Crippen molar-refractivity contribution in [2.24, 2.45) is 0 Å². The number of nitrogens with one attached hydrogen (secondary N) is 1. The first-order chi connectivity index (χ1) is 11.9. The number of sulfonamides is 1. The van der Waals surface area contributed by atoms with Gasteiger partial charge in [-0.2, -0.15) is 4.31 Å². The van der Waals surface area contributed by atoms with Crippen molar-refractivity contribution in [2.75, 3.05) is 6.54 Å². The summed E-state index contributed by atoms with van der Waals surface area (Å²) in [6.07, 6.45) is 1.26. The fourth-order valence-electron chi connectivity index (χ4n) is 3.09. The summed E-state index contributed by atoms with van der Waals surface area (Å²) in [6.45, 7) is 4.67. The van der Waals surface area contributed by atoms with E-state index in [-0.39, 0.29) is 5.91 Å². The molecule has 3 rings (SSSR count). The third kappa shape index (κ3) is 3.94. The van der Waals surface area contributed by atoms with Gasteiger partial charge in [-0.15, -0.1) is 11.3 Å². The first kappa shape index (κ1) is 18.1. The molecule has 1 atom stereocenters. The van der Waals surface area contributed by atoms with Gasteiger partial charge in [0.05, 0.1) is 0 Å². The molecule has 0 saturated carbocycles. The molecule has 1 aliphatic rings. The van der Waals surface area contributed by atoms with E-state index in [1.54, 1.807) is 12.1 Å². The highest BCUT2D eigenvalue weighted by atomic mass is 32.2. The van der Waals surface area contributed by atoms with E-state index in [0.717, 1.165) is 16.0 Å². The van der Waals surface area contributed by atoms with Gasteiger partial charge in [0, 0.05) is 18.0 Å². The molecule has 5 nitrogen and oxygen atoms in total. The zero-order chi connectivity index (χ0) is 18.0. The molecule has 2 heterocycles. The molecule has 1 aromatic heterocycles. The van der Waals surface area contributed by atoms with Gasteiger partial charge in [0.15, 0.2) is 0 Å². The van der Waals surface area contributed by atoms with Gasteiger partial charge in [0.1, 0.15) is 10.3 Å². The van der Waals surface area contributed by atoms with Crippen LogP contribution in [0.15, 0.2) is 40.6 Å². The normalized spacial score (nSPS) is 18.4. The number of amides is 1. The van der Waals surface area contributed by atoms with E-state index in [1.807, 2.05) is 38.1 Å². The minimum absolute atomic E-state index is 0.226. The highest BCUT2D eigenvalue weighted by molar-refractivity contribution is 7.91. The van der Waals surface area contributed by atoms with Gasteiger partial charge in [0.25, 0.3) is 10.0 Å². The molecular weight excluding hydrogens is 356 g/mol. The zero-order valence-corrected chi connectivity index (χ0v) is 16.0. The molecule has 0 spiro atoms. The van der Waals surface area contributed by atoms with Crippen LogP contribution in [0.2, 0.25) is 0 Å². The maximum absolute atomic E-state index is 12.8. The van der Waals surface area contributed by atoms with Crippen LogP contribution in [0.1, 0.15) is 28.8 Å². The molecule has 134 valence electrons. The summed E-state index contributed by atoms with van der Waals surface area (Å²) in [6, 6.07) is 10.7. The summed E-state index contributed by atoms with van der Waals surface area (Å²) in [5.74, 6) is -0.226. The molecule has 1 N–H and O–H groups in total. The summed E-state index contributed by atoms with van der Waals surface area (Å²) in [7, 11) is -3.61. The Morgan fingerprint density at radius 1 is 1.28 bits per heavy atom. The molecular formula is C18H22N2O3S2. The van der Waals surface area contributed by atoms with Gasteiger partial charge in [-0.1, -0.05) is 29.8 Å². The molecule has 0 bridgehead atoms. The van der Waals surface area contributed by atoms with Gasteiger partial charge in [-0.3, -0.25) is 4.79 Å². The summed E-state index contributed by atoms with van der Waals surface area (Å²) >= 11 is 1.25. The number of carbonyl (C=O) groups is 1. The van der Waals surface area contributed by atoms with E-state index in [4.69, 9.17) is 0 Å². The summed E-state index contributed by atoms with van der Waals surface area (Å²) in [5.41, 5.74) is 2.14. The Bertz CT molecular complexity index is 874. The molecule has 0 aliphatic carbocycles. The van der Waals surface area contributed by atoms with Crippen LogP contribution in [0.5, 0.6) is 0 Å². The average Bonchev–Trinajstić information content (AvgIpc) is 3.22. The van der Waals surface area contributed by atoms with Crippen LogP contribution in [0.4, 0.5) is 0 Å². The van der Waals surface area contributed by atoms with Crippen molar-refractivity contribution in [3.05, 3.63) is 52.4 Å². The Labute approximate surface area is 152 Å². The summed E-state index contributed by atoms with van der Waals surface area (Å²) in [5, 5.41) is 2.89. The molecule has 1 unspecified atom stereocenters. The molecule has 25 heavy (non-hydrogen) atoms. The molecule has 1 fully saturated rings. The number of nitrogens with zero attached hydrogens (tertiary/aromatic N) is 1. The van der Waals surface area contributed by atoms with E-state index >= 15 is 0 Å². The lowest BCUT2D eigenvalue weighted by molar-refractivity contribution is -0.124. The predicted molar refractivity (Wildman–Crippen MR) is 99.0 cm³/mol. The molecule has 1 saturated heterocycles. The van der Waals surface area contributed by atoms with E-state index in [9.17, 15) is 13.2 Å². The van der Waals surface area contributed by atoms with E-state index in [1.165, 1.54) is 15.6 Å². The lowest BCUT2D eigenvalue weighted by atomic mass is 10.1. The maximum atomic E-state index is 12.8. The third-order valence-corrected chi connectivity index (χ3v) is 7.71. The van der Waals surface area contributed by atoms with Crippen molar-refractivity contribution >= 4 is 27.3 Å². The van der Waals surface area contributed by atoms with E-state index < -0.39 is 16.1 Å². The monoisotopic (exact) mass is 378 g/mol.